The van der Waals surface area contributed by atoms with Crippen LogP contribution in [0, 0.1) is 5.82 Å². The molecule has 1 N–H and O–H groups in total. The minimum absolute atomic E-state index is 0.202. The number of rotatable bonds is 3. The Labute approximate surface area is 119 Å². The van der Waals surface area contributed by atoms with E-state index in [2.05, 4.69) is 4.98 Å². The van der Waals surface area contributed by atoms with Gasteiger partial charge in [0, 0.05) is 24.5 Å². The van der Waals surface area contributed by atoms with E-state index in [1.165, 1.54) is 27.6 Å². The minimum atomic E-state index is -0.481. The van der Waals surface area contributed by atoms with E-state index in [0.717, 1.165) is 0 Å². The minimum Gasteiger partial charge on any atom is -0.390 e. The van der Waals surface area contributed by atoms with Crippen LogP contribution in [0.15, 0.2) is 59.9 Å². The highest BCUT2D eigenvalue weighted by Gasteiger charge is 2.08. The molecule has 0 aliphatic carbocycles. The summed E-state index contributed by atoms with van der Waals surface area (Å²) in [6, 6.07) is 9.25. The Kier molecular flexibility index (Phi) is 3.37. The third-order valence-electron chi connectivity index (χ3n) is 3.11. The van der Waals surface area contributed by atoms with Crippen molar-refractivity contribution in [3.8, 4) is 11.4 Å². The molecule has 0 fully saturated rings. The Morgan fingerprint density at radius 3 is 2.76 bits per heavy atom. The molecule has 0 radical (unpaired) electrons. The first kappa shape index (κ1) is 13.3. The van der Waals surface area contributed by atoms with Crippen LogP contribution in [0.3, 0.4) is 0 Å². The fourth-order valence-electron chi connectivity index (χ4n) is 2.07. The lowest BCUT2D eigenvalue weighted by atomic mass is 10.2. The second-order valence-electron chi connectivity index (χ2n) is 4.47. The standard InChI is InChI=1S/C15H12FN3O2/c16-13-7-12(19-6-2-1-3-15(19)21)4-5-14(13)18-8-11(9-20)17-10-18/h1-8,10,20H,9H2. The monoisotopic (exact) mass is 285 g/mol. The number of hydrogen-bond donors (Lipinski definition) is 1. The maximum atomic E-state index is 14.2. The van der Waals surface area contributed by atoms with E-state index in [-0.39, 0.29) is 12.2 Å². The number of aliphatic hydroxyl groups is 1. The van der Waals surface area contributed by atoms with E-state index in [1.807, 2.05) is 0 Å². The van der Waals surface area contributed by atoms with Crippen LogP contribution >= 0.6 is 0 Å². The van der Waals surface area contributed by atoms with Gasteiger partial charge in [-0.25, -0.2) is 9.37 Å². The van der Waals surface area contributed by atoms with Crippen molar-refractivity contribution in [3.05, 3.63) is 77.0 Å². The summed E-state index contributed by atoms with van der Waals surface area (Å²) in [5.74, 6) is -0.481. The Morgan fingerprint density at radius 2 is 2.10 bits per heavy atom. The first-order valence-electron chi connectivity index (χ1n) is 6.31. The molecule has 0 amide bonds. The number of aliphatic hydroxyl groups excluding tert-OH is 1. The lowest BCUT2D eigenvalue weighted by Gasteiger charge is -2.08. The van der Waals surface area contributed by atoms with Gasteiger partial charge in [-0.1, -0.05) is 6.07 Å². The highest BCUT2D eigenvalue weighted by atomic mass is 19.1. The summed E-state index contributed by atoms with van der Waals surface area (Å²) in [4.78, 5) is 15.7. The Bertz CT molecular complexity index is 839. The summed E-state index contributed by atoms with van der Waals surface area (Å²) in [7, 11) is 0. The number of aromatic nitrogens is 3. The predicted octanol–water partition coefficient (Wildman–Crippen LogP) is 1.65. The first-order valence-corrected chi connectivity index (χ1v) is 6.31. The van der Waals surface area contributed by atoms with E-state index in [1.54, 1.807) is 36.7 Å². The van der Waals surface area contributed by atoms with E-state index in [0.29, 0.717) is 17.1 Å². The number of hydrogen-bond acceptors (Lipinski definition) is 3. The molecule has 3 aromatic rings. The number of benzene rings is 1. The van der Waals surface area contributed by atoms with Crippen molar-refractivity contribution in [1.82, 2.24) is 14.1 Å². The van der Waals surface area contributed by atoms with Gasteiger partial charge in [0.2, 0.25) is 0 Å². The van der Waals surface area contributed by atoms with Gasteiger partial charge in [0.1, 0.15) is 5.82 Å². The highest BCUT2D eigenvalue weighted by Crippen LogP contribution is 2.17. The van der Waals surface area contributed by atoms with Crippen LogP contribution < -0.4 is 5.56 Å². The Balaban J connectivity index is 2.04. The zero-order valence-electron chi connectivity index (χ0n) is 11.0. The smallest absolute Gasteiger partial charge is 0.255 e. The molecule has 0 aliphatic heterocycles. The van der Waals surface area contributed by atoms with Crippen molar-refractivity contribution in [2.45, 2.75) is 6.61 Å². The van der Waals surface area contributed by atoms with Crippen LogP contribution in [-0.4, -0.2) is 19.2 Å². The van der Waals surface area contributed by atoms with Crippen LogP contribution in [0.5, 0.6) is 0 Å². The van der Waals surface area contributed by atoms with E-state index in [9.17, 15) is 9.18 Å². The highest BCUT2D eigenvalue weighted by molar-refractivity contribution is 5.43. The Hall–Kier alpha value is -2.73. The predicted molar refractivity (Wildman–Crippen MR) is 75.0 cm³/mol. The quantitative estimate of drug-likeness (QED) is 0.796. The molecule has 0 saturated carbocycles. The van der Waals surface area contributed by atoms with Gasteiger partial charge in [0.15, 0.2) is 0 Å². The molecule has 0 bridgehead atoms. The van der Waals surface area contributed by atoms with E-state index >= 15 is 0 Å². The van der Waals surface area contributed by atoms with Gasteiger partial charge in [-0.15, -0.1) is 0 Å². The van der Waals surface area contributed by atoms with Crippen LogP contribution in [-0.2, 0) is 6.61 Å². The second-order valence-corrected chi connectivity index (χ2v) is 4.47. The summed E-state index contributed by atoms with van der Waals surface area (Å²) in [5.41, 5.74) is 0.979. The number of halogens is 1. The van der Waals surface area contributed by atoms with Gasteiger partial charge in [-0.3, -0.25) is 9.36 Å². The molecule has 0 unspecified atom stereocenters. The summed E-state index contributed by atoms with van der Waals surface area (Å²) >= 11 is 0. The molecular formula is C15H12FN3O2. The van der Waals surface area contributed by atoms with Crippen LogP contribution in [0.1, 0.15) is 5.69 Å². The van der Waals surface area contributed by atoms with Gasteiger partial charge in [0.05, 0.1) is 30.0 Å². The maximum Gasteiger partial charge on any atom is 0.255 e. The molecule has 3 rings (SSSR count). The third kappa shape index (κ3) is 2.48. The fraction of sp³-hybridized carbons (Fsp3) is 0.0667. The second kappa shape index (κ2) is 5.34. The molecule has 0 spiro atoms. The third-order valence-corrected chi connectivity index (χ3v) is 3.11. The van der Waals surface area contributed by atoms with Crippen LogP contribution in [0.25, 0.3) is 11.4 Å². The number of imidazole rings is 1. The SMILES string of the molecule is O=c1ccccn1-c1ccc(-n2cnc(CO)c2)c(F)c1. The summed E-state index contributed by atoms with van der Waals surface area (Å²) in [6.07, 6.45) is 4.56. The maximum absolute atomic E-state index is 14.2. The lowest BCUT2D eigenvalue weighted by Crippen LogP contribution is -2.15. The van der Waals surface area contributed by atoms with Crippen LogP contribution in [0.2, 0.25) is 0 Å². The number of nitrogens with zero attached hydrogens (tertiary/aromatic N) is 3. The van der Waals surface area contributed by atoms with Gasteiger partial charge in [-0.05, 0) is 18.2 Å². The van der Waals surface area contributed by atoms with Crippen molar-refractivity contribution < 1.29 is 9.50 Å². The fourth-order valence-corrected chi connectivity index (χ4v) is 2.07. The average Bonchev–Trinajstić information content (AvgIpc) is 2.96. The summed E-state index contributed by atoms with van der Waals surface area (Å²) in [6.45, 7) is -0.202. The normalized spacial score (nSPS) is 10.8. The molecule has 0 atom stereocenters. The van der Waals surface area contributed by atoms with Gasteiger partial charge >= 0.3 is 0 Å². The molecule has 2 heterocycles. The molecule has 0 aliphatic rings. The van der Waals surface area contributed by atoms with Gasteiger partial charge < -0.3 is 9.67 Å². The van der Waals surface area contributed by atoms with Crippen molar-refractivity contribution >= 4 is 0 Å². The molecular weight excluding hydrogens is 273 g/mol. The average molecular weight is 285 g/mol. The van der Waals surface area contributed by atoms with E-state index in [4.69, 9.17) is 5.11 Å². The first-order chi connectivity index (χ1) is 10.2. The molecule has 21 heavy (non-hydrogen) atoms. The van der Waals surface area contributed by atoms with Gasteiger partial charge in [0.25, 0.3) is 5.56 Å². The van der Waals surface area contributed by atoms with Crippen LogP contribution in [0.4, 0.5) is 4.39 Å². The molecule has 2 aromatic heterocycles. The van der Waals surface area contributed by atoms with Crippen molar-refractivity contribution in [1.29, 1.82) is 0 Å². The zero-order chi connectivity index (χ0) is 14.8. The number of pyridine rings is 1. The van der Waals surface area contributed by atoms with Crippen molar-refractivity contribution in [2.24, 2.45) is 0 Å². The molecule has 1 aromatic carbocycles. The summed E-state index contributed by atoms with van der Waals surface area (Å²) in [5, 5.41) is 8.98. The van der Waals surface area contributed by atoms with Crippen molar-refractivity contribution in [3.63, 3.8) is 0 Å². The van der Waals surface area contributed by atoms with Gasteiger partial charge in [-0.2, -0.15) is 0 Å². The molecule has 106 valence electrons. The zero-order valence-corrected chi connectivity index (χ0v) is 11.0. The largest absolute Gasteiger partial charge is 0.390 e. The Morgan fingerprint density at radius 1 is 1.24 bits per heavy atom. The topological polar surface area (TPSA) is 60.0 Å². The lowest BCUT2D eigenvalue weighted by molar-refractivity contribution is 0.277. The summed E-state index contributed by atoms with van der Waals surface area (Å²) < 4.78 is 17.1. The molecule has 6 heteroatoms. The van der Waals surface area contributed by atoms with Crippen molar-refractivity contribution in [2.75, 3.05) is 0 Å². The molecule has 5 nitrogen and oxygen atoms in total. The van der Waals surface area contributed by atoms with E-state index < -0.39 is 5.82 Å². The molecule has 0 saturated heterocycles.